The number of fused-ring (bicyclic) bond motifs is 1. The predicted molar refractivity (Wildman–Crippen MR) is 81.0 cm³/mol. The first-order valence-corrected chi connectivity index (χ1v) is 7.65. The number of benzene rings is 1. The molecular formula is C13H8Br2ClNO2. The summed E-state index contributed by atoms with van der Waals surface area (Å²) in [6.07, 6.45) is 0.411. The van der Waals surface area contributed by atoms with E-state index in [-0.39, 0.29) is 10.7 Å². The molecule has 0 spiro atoms. The molecule has 1 aromatic carbocycles. The summed E-state index contributed by atoms with van der Waals surface area (Å²) in [6, 6.07) is 7.43. The number of alkyl halides is 1. The second-order valence-electron chi connectivity index (χ2n) is 4.26. The van der Waals surface area contributed by atoms with E-state index >= 15 is 0 Å². The van der Waals surface area contributed by atoms with E-state index in [1.165, 1.54) is 0 Å². The quantitative estimate of drug-likeness (QED) is 0.738. The molecule has 0 bridgehead atoms. The normalized spacial score (nSPS) is 15.2. The smallest absolute Gasteiger partial charge is 0.228 e. The molecule has 0 saturated carbocycles. The zero-order valence-corrected chi connectivity index (χ0v) is 13.5. The van der Waals surface area contributed by atoms with Crippen molar-refractivity contribution in [1.29, 1.82) is 0 Å². The van der Waals surface area contributed by atoms with Gasteiger partial charge in [0.15, 0.2) is 5.22 Å². The summed E-state index contributed by atoms with van der Waals surface area (Å²) in [5, 5.41) is 3.17. The molecular weight excluding hydrogens is 397 g/mol. The van der Waals surface area contributed by atoms with Gasteiger partial charge in [-0.1, -0.05) is 37.9 Å². The molecule has 0 aliphatic carbocycles. The van der Waals surface area contributed by atoms with E-state index in [9.17, 15) is 4.79 Å². The molecule has 19 heavy (non-hydrogen) atoms. The van der Waals surface area contributed by atoms with Crippen molar-refractivity contribution >= 4 is 55.1 Å². The summed E-state index contributed by atoms with van der Waals surface area (Å²) in [6.45, 7) is 0. The highest BCUT2D eigenvalue weighted by Gasteiger charge is 2.23. The molecule has 98 valence electrons. The summed E-state index contributed by atoms with van der Waals surface area (Å²) in [5.41, 5.74) is 2.85. The molecule has 1 amide bonds. The van der Waals surface area contributed by atoms with Crippen LogP contribution in [0.15, 0.2) is 33.2 Å². The molecule has 1 aliphatic rings. The van der Waals surface area contributed by atoms with Crippen LogP contribution in [0.25, 0.3) is 0 Å². The van der Waals surface area contributed by atoms with Crippen LogP contribution in [0.5, 0.6) is 0 Å². The maximum absolute atomic E-state index is 11.4. The van der Waals surface area contributed by atoms with E-state index in [4.69, 9.17) is 16.0 Å². The van der Waals surface area contributed by atoms with Crippen LogP contribution >= 0.6 is 43.5 Å². The maximum Gasteiger partial charge on any atom is 0.228 e. The van der Waals surface area contributed by atoms with E-state index in [1.54, 1.807) is 6.07 Å². The zero-order valence-electron chi connectivity index (χ0n) is 9.54. The minimum absolute atomic E-state index is 0.0196. The van der Waals surface area contributed by atoms with Crippen molar-refractivity contribution in [3.05, 3.63) is 50.8 Å². The molecule has 1 atom stereocenters. The molecule has 3 nitrogen and oxygen atoms in total. The van der Waals surface area contributed by atoms with Crippen molar-refractivity contribution in [1.82, 2.24) is 0 Å². The summed E-state index contributed by atoms with van der Waals surface area (Å²) in [7, 11) is 0. The molecule has 0 radical (unpaired) electrons. The highest BCUT2D eigenvalue weighted by Crippen LogP contribution is 2.40. The van der Waals surface area contributed by atoms with E-state index < -0.39 is 0 Å². The van der Waals surface area contributed by atoms with E-state index in [1.807, 2.05) is 18.2 Å². The first-order valence-electron chi connectivity index (χ1n) is 5.56. The molecule has 1 unspecified atom stereocenters. The predicted octanol–water partition coefficient (Wildman–Crippen LogP) is 4.67. The molecule has 6 heteroatoms. The monoisotopic (exact) mass is 403 g/mol. The average molecular weight is 405 g/mol. The lowest BCUT2D eigenvalue weighted by Crippen LogP contribution is -2.03. The van der Waals surface area contributed by atoms with E-state index in [0.717, 1.165) is 27.0 Å². The van der Waals surface area contributed by atoms with Crippen LogP contribution in [0.1, 0.15) is 21.7 Å². The minimum Gasteiger partial charge on any atom is -0.448 e. The number of hydrogen-bond donors (Lipinski definition) is 1. The van der Waals surface area contributed by atoms with Crippen molar-refractivity contribution in [3.63, 3.8) is 0 Å². The van der Waals surface area contributed by atoms with Gasteiger partial charge in [0.1, 0.15) is 5.76 Å². The number of hydrogen-bond acceptors (Lipinski definition) is 2. The lowest BCUT2D eigenvalue weighted by molar-refractivity contribution is -0.115. The van der Waals surface area contributed by atoms with Gasteiger partial charge in [0.2, 0.25) is 5.91 Å². The SMILES string of the molecule is O=C1Cc2cc(C(Br)c3ccc(Cl)o3)c(Br)cc2N1. The van der Waals surface area contributed by atoms with Crippen LogP contribution in [0, 0.1) is 0 Å². The van der Waals surface area contributed by atoms with Crippen LogP contribution in [-0.4, -0.2) is 5.91 Å². The number of anilines is 1. The van der Waals surface area contributed by atoms with Crippen LogP contribution in [0.2, 0.25) is 5.22 Å². The van der Waals surface area contributed by atoms with Gasteiger partial charge in [-0.2, -0.15) is 0 Å². The summed E-state index contributed by atoms with van der Waals surface area (Å²) in [4.78, 5) is 11.3. The Hall–Kier alpha value is -0.780. The molecule has 2 heterocycles. The fourth-order valence-electron chi connectivity index (χ4n) is 2.08. The summed E-state index contributed by atoms with van der Waals surface area (Å²) < 4.78 is 6.32. The Morgan fingerprint density at radius 3 is 2.84 bits per heavy atom. The second-order valence-corrected chi connectivity index (χ2v) is 6.40. The Kier molecular flexibility index (Phi) is 3.45. The fourth-order valence-corrected chi connectivity index (χ4v) is 3.74. The number of amides is 1. The van der Waals surface area contributed by atoms with E-state index in [2.05, 4.69) is 37.2 Å². The van der Waals surface area contributed by atoms with Crippen LogP contribution in [0.4, 0.5) is 5.69 Å². The summed E-state index contributed by atoms with van der Waals surface area (Å²) in [5.74, 6) is 0.745. The topological polar surface area (TPSA) is 42.2 Å². The van der Waals surface area contributed by atoms with Gasteiger partial charge in [-0.15, -0.1) is 0 Å². The third-order valence-electron chi connectivity index (χ3n) is 2.96. The number of carbonyl (C=O) groups is 1. The number of furan rings is 1. The van der Waals surface area contributed by atoms with Crippen LogP contribution < -0.4 is 5.32 Å². The van der Waals surface area contributed by atoms with Gasteiger partial charge in [0.05, 0.1) is 11.2 Å². The van der Waals surface area contributed by atoms with Crippen molar-refractivity contribution in [2.45, 2.75) is 11.2 Å². The van der Waals surface area contributed by atoms with Gasteiger partial charge in [-0.25, -0.2) is 0 Å². The molecule has 0 fully saturated rings. The lowest BCUT2D eigenvalue weighted by atomic mass is 10.0. The van der Waals surface area contributed by atoms with Gasteiger partial charge in [0.25, 0.3) is 0 Å². The zero-order chi connectivity index (χ0) is 13.6. The Labute approximate surface area is 131 Å². The first kappa shape index (κ1) is 13.2. The molecule has 3 rings (SSSR count). The Bertz CT molecular complexity index is 669. The summed E-state index contributed by atoms with van der Waals surface area (Å²) >= 11 is 12.9. The average Bonchev–Trinajstić information content (AvgIpc) is 2.92. The largest absolute Gasteiger partial charge is 0.448 e. The van der Waals surface area contributed by atoms with Crippen molar-refractivity contribution in [2.75, 3.05) is 5.32 Å². The highest BCUT2D eigenvalue weighted by molar-refractivity contribution is 9.11. The third kappa shape index (κ3) is 2.47. The standard InChI is InChI=1S/C13H8Br2ClNO2/c14-8-5-9-6(4-12(18)17-9)3-7(8)13(15)10-1-2-11(16)19-10/h1-3,5,13H,4H2,(H,17,18). The number of carbonyl (C=O) groups excluding carboxylic acids is 1. The Balaban J connectivity index is 2.02. The van der Waals surface area contributed by atoms with E-state index in [0.29, 0.717) is 11.6 Å². The van der Waals surface area contributed by atoms with Crippen molar-refractivity contribution in [3.8, 4) is 0 Å². The fraction of sp³-hybridized carbons (Fsp3) is 0.154. The molecule has 1 N–H and O–H groups in total. The maximum atomic E-state index is 11.4. The first-order chi connectivity index (χ1) is 9.04. The number of halogens is 3. The van der Waals surface area contributed by atoms with Gasteiger partial charge < -0.3 is 9.73 Å². The van der Waals surface area contributed by atoms with Crippen LogP contribution in [-0.2, 0) is 11.2 Å². The highest BCUT2D eigenvalue weighted by atomic mass is 79.9. The lowest BCUT2D eigenvalue weighted by Gasteiger charge is -2.12. The van der Waals surface area contributed by atoms with Gasteiger partial charge >= 0.3 is 0 Å². The third-order valence-corrected chi connectivity index (χ3v) is 4.80. The van der Waals surface area contributed by atoms with Crippen molar-refractivity contribution in [2.24, 2.45) is 0 Å². The van der Waals surface area contributed by atoms with Gasteiger partial charge in [-0.3, -0.25) is 4.79 Å². The van der Waals surface area contributed by atoms with Gasteiger partial charge in [-0.05, 0) is 40.9 Å². The molecule has 2 aromatic rings. The minimum atomic E-state index is -0.115. The second kappa shape index (κ2) is 4.96. The molecule has 1 aromatic heterocycles. The molecule has 1 aliphatic heterocycles. The number of nitrogens with one attached hydrogen (secondary N) is 1. The Morgan fingerprint density at radius 2 is 2.16 bits per heavy atom. The number of rotatable bonds is 2. The van der Waals surface area contributed by atoms with Crippen LogP contribution in [0.3, 0.4) is 0 Å². The Morgan fingerprint density at radius 1 is 1.37 bits per heavy atom. The molecule has 0 saturated heterocycles. The van der Waals surface area contributed by atoms with Crippen molar-refractivity contribution < 1.29 is 9.21 Å². The van der Waals surface area contributed by atoms with Gasteiger partial charge in [0, 0.05) is 10.2 Å².